The average Bonchev–Trinajstić information content (AvgIpc) is 2.16. The monoisotopic (exact) mass is 211 g/mol. The first-order chi connectivity index (χ1) is 6.93. The first-order valence-electron chi connectivity index (χ1n) is 3.94. The summed E-state index contributed by atoms with van der Waals surface area (Å²) in [6.07, 6.45) is 0. The summed E-state index contributed by atoms with van der Waals surface area (Å²) in [7, 11) is -3.91. The summed E-state index contributed by atoms with van der Waals surface area (Å²) in [5.41, 5.74) is -0.850. The number of rotatable bonds is 3. The van der Waals surface area contributed by atoms with Crippen LogP contribution in [0.2, 0.25) is 0 Å². The molecule has 0 atom stereocenters. The van der Waals surface area contributed by atoms with Crippen molar-refractivity contribution in [3.63, 3.8) is 0 Å². The molecule has 9 heteroatoms. The maximum Gasteiger partial charge on any atom is 0.488 e. The van der Waals surface area contributed by atoms with Crippen molar-refractivity contribution in [2.75, 3.05) is 0 Å². The quantitative estimate of drug-likeness (QED) is 0.239. The van der Waals surface area contributed by atoms with Gasteiger partial charge in [0.1, 0.15) is 0 Å². The van der Waals surface area contributed by atoms with Crippen LogP contribution < -0.4 is 10.9 Å². The van der Waals surface area contributed by atoms with Crippen LogP contribution in [0.4, 0.5) is 5.69 Å². The van der Waals surface area contributed by atoms with Gasteiger partial charge < -0.3 is 20.1 Å². The van der Waals surface area contributed by atoms with Crippen LogP contribution in [-0.4, -0.2) is 39.3 Å². The largest absolute Gasteiger partial charge is 0.488 e. The van der Waals surface area contributed by atoms with Gasteiger partial charge in [0.2, 0.25) is 0 Å². The fourth-order valence-corrected chi connectivity index (χ4v) is 1.13. The molecule has 0 aromatic heterocycles. The van der Waals surface area contributed by atoms with Crippen LogP contribution in [0, 0.1) is 10.1 Å². The Hall–Kier alpha value is -1.41. The SMILES string of the molecule is O=[N+]([O-])c1ccc(B(O)O)c(B(O)O)c1. The van der Waals surface area contributed by atoms with Crippen LogP contribution >= 0.6 is 0 Å². The first-order valence-corrected chi connectivity index (χ1v) is 3.94. The second kappa shape index (κ2) is 4.41. The molecule has 1 aromatic carbocycles. The number of nitrogens with zero attached hydrogens (tertiary/aromatic N) is 1. The second-order valence-electron chi connectivity index (χ2n) is 2.82. The summed E-state index contributed by atoms with van der Waals surface area (Å²) in [6, 6.07) is 2.97. The summed E-state index contributed by atoms with van der Waals surface area (Å²) < 4.78 is 0. The Kier molecular flexibility index (Phi) is 3.43. The van der Waals surface area contributed by atoms with Gasteiger partial charge >= 0.3 is 14.2 Å². The molecule has 0 aliphatic carbocycles. The zero-order chi connectivity index (χ0) is 11.6. The minimum atomic E-state index is -2.00. The fraction of sp³-hybridized carbons (Fsp3) is 0. The lowest BCUT2D eigenvalue weighted by Crippen LogP contribution is -2.49. The highest BCUT2D eigenvalue weighted by Crippen LogP contribution is 2.06. The normalized spacial score (nSPS) is 9.87. The highest BCUT2D eigenvalue weighted by atomic mass is 16.6. The summed E-state index contributed by atoms with van der Waals surface area (Å²) in [6.45, 7) is 0. The van der Waals surface area contributed by atoms with E-state index < -0.39 is 19.2 Å². The number of hydrogen-bond donors (Lipinski definition) is 4. The van der Waals surface area contributed by atoms with Crippen molar-refractivity contribution in [1.82, 2.24) is 0 Å². The van der Waals surface area contributed by atoms with Gasteiger partial charge in [0.15, 0.2) is 0 Å². The van der Waals surface area contributed by atoms with E-state index in [2.05, 4.69) is 0 Å². The molecule has 0 bridgehead atoms. The van der Waals surface area contributed by atoms with E-state index in [9.17, 15) is 10.1 Å². The topological polar surface area (TPSA) is 124 Å². The van der Waals surface area contributed by atoms with E-state index in [1.807, 2.05) is 0 Å². The lowest BCUT2D eigenvalue weighted by molar-refractivity contribution is -0.384. The summed E-state index contributed by atoms with van der Waals surface area (Å²) in [5, 5.41) is 45.8. The van der Waals surface area contributed by atoms with Gasteiger partial charge in [-0.3, -0.25) is 10.1 Å². The highest BCUT2D eigenvalue weighted by molar-refractivity contribution is 6.71. The van der Waals surface area contributed by atoms with E-state index >= 15 is 0 Å². The molecule has 0 aliphatic heterocycles. The Labute approximate surface area is 85.0 Å². The van der Waals surface area contributed by atoms with Crippen molar-refractivity contribution in [1.29, 1.82) is 0 Å². The van der Waals surface area contributed by atoms with Gasteiger partial charge in [-0.05, 0) is 10.9 Å². The minimum absolute atomic E-state index is 0.185. The predicted molar refractivity (Wildman–Crippen MR) is 52.7 cm³/mol. The standard InChI is InChI=1S/C6H7B2NO6/c10-7(11)5-2-1-4(9(14)15)3-6(5)8(12)13/h1-3,10-13H. The third-order valence-corrected chi connectivity index (χ3v) is 1.84. The predicted octanol–water partition coefficient (Wildman–Crippen LogP) is -3.05. The van der Waals surface area contributed by atoms with Crippen LogP contribution in [0.5, 0.6) is 0 Å². The van der Waals surface area contributed by atoms with Gasteiger partial charge in [0, 0.05) is 12.1 Å². The van der Waals surface area contributed by atoms with E-state index in [0.717, 1.165) is 18.2 Å². The number of non-ortho nitro benzene ring substituents is 1. The molecule has 15 heavy (non-hydrogen) atoms. The van der Waals surface area contributed by atoms with Crippen LogP contribution in [-0.2, 0) is 0 Å². The molecule has 0 heterocycles. The Morgan fingerprint density at radius 1 is 1.07 bits per heavy atom. The average molecular weight is 211 g/mol. The third kappa shape index (κ3) is 2.54. The Morgan fingerprint density at radius 3 is 2.00 bits per heavy atom. The van der Waals surface area contributed by atoms with Crippen LogP contribution in [0.3, 0.4) is 0 Å². The van der Waals surface area contributed by atoms with Crippen LogP contribution in [0.15, 0.2) is 18.2 Å². The molecule has 4 N–H and O–H groups in total. The van der Waals surface area contributed by atoms with Gasteiger partial charge in [-0.2, -0.15) is 0 Å². The molecule has 78 valence electrons. The number of nitro groups is 1. The summed E-state index contributed by atoms with van der Waals surface area (Å²) >= 11 is 0. The second-order valence-corrected chi connectivity index (χ2v) is 2.82. The summed E-state index contributed by atoms with van der Waals surface area (Å²) in [4.78, 5) is 9.65. The minimum Gasteiger partial charge on any atom is -0.423 e. The molecule has 1 rings (SSSR count). The molecule has 0 saturated heterocycles. The van der Waals surface area contributed by atoms with Gasteiger partial charge in [-0.25, -0.2) is 0 Å². The molecule has 0 amide bonds. The van der Waals surface area contributed by atoms with Crippen molar-refractivity contribution in [3.8, 4) is 0 Å². The summed E-state index contributed by atoms with van der Waals surface area (Å²) in [5.74, 6) is 0. The molecule has 1 aromatic rings. The molecular weight excluding hydrogens is 204 g/mol. The highest BCUT2D eigenvalue weighted by Gasteiger charge is 2.25. The van der Waals surface area contributed by atoms with E-state index in [-0.39, 0.29) is 16.6 Å². The van der Waals surface area contributed by atoms with Crippen molar-refractivity contribution >= 4 is 30.8 Å². The number of hydrogen-bond acceptors (Lipinski definition) is 6. The molecule has 0 spiro atoms. The third-order valence-electron chi connectivity index (χ3n) is 1.84. The van der Waals surface area contributed by atoms with E-state index in [0.29, 0.717) is 0 Å². The lowest BCUT2D eigenvalue weighted by Gasteiger charge is -2.07. The molecular formula is C6H7B2NO6. The van der Waals surface area contributed by atoms with Crippen LogP contribution in [0.1, 0.15) is 0 Å². The fourth-order valence-electron chi connectivity index (χ4n) is 1.13. The maximum atomic E-state index is 10.4. The molecule has 0 radical (unpaired) electrons. The molecule has 0 unspecified atom stereocenters. The maximum absolute atomic E-state index is 10.4. The van der Waals surface area contributed by atoms with E-state index in [1.165, 1.54) is 0 Å². The smallest absolute Gasteiger partial charge is 0.423 e. The van der Waals surface area contributed by atoms with Gasteiger partial charge in [0.25, 0.3) is 5.69 Å². The Balaban J connectivity index is 3.27. The van der Waals surface area contributed by atoms with Crippen molar-refractivity contribution in [3.05, 3.63) is 28.3 Å². The van der Waals surface area contributed by atoms with E-state index in [4.69, 9.17) is 20.1 Å². The number of benzene rings is 1. The van der Waals surface area contributed by atoms with Crippen molar-refractivity contribution in [2.45, 2.75) is 0 Å². The zero-order valence-electron chi connectivity index (χ0n) is 7.44. The van der Waals surface area contributed by atoms with Gasteiger partial charge in [0.05, 0.1) is 4.92 Å². The molecule has 0 fully saturated rings. The molecule has 0 aliphatic rings. The van der Waals surface area contributed by atoms with Gasteiger partial charge in [-0.1, -0.05) is 6.07 Å². The van der Waals surface area contributed by atoms with Gasteiger partial charge in [-0.15, -0.1) is 0 Å². The van der Waals surface area contributed by atoms with Crippen molar-refractivity contribution in [2.24, 2.45) is 0 Å². The molecule has 7 nitrogen and oxygen atoms in total. The Bertz CT molecular complexity index is 382. The van der Waals surface area contributed by atoms with Crippen LogP contribution in [0.25, 0.3) is 0 Å². The lowest BCUT2D eigenvalue weighted by atomic mass is 9.66. The molecule has 0 saturated carbocycles. The zero-order valence-corrected chi connectivity index (χ0v) is 7.44. The van der Waals surface area contributed by atoms with Crippen molar-refractivity contribution < 1.29 is 25.0 Å². The van der Waals surface area contributed by atoms with E-state index in [1.54, 1.807) is 0 Å². The first kappa shape index (κ1) is 11.7. The Morgan fingerprint density at radius 2 is 1.60 bits per heavy atom. The number of nitro benzene ring substituents is 1.